The van der Waals surface area contributed by atoms with Crippen molar-refractivity contribution >= 4 is 0 Å². The molecule has 2 atom stereocenters. The van der Waals surface area contributed by atoms with Gasteiger partial charge in [-0.05, 0) is 42.5 Å². The second kappa shape index (κ2) is 6.23. The Balaban J connectivity index is 1.95. The first-order valence-corrected chi connectivity index (χ1v) is 7.67. The van der Waals surface area contributed by atoms with Crippen molar-refractivity contribution in [1.82, 2.24) is 5.32 Å². The molecule has 0 aliphatic carbocycles. The van der Waals surface area contributed by atoms with Crippen molar-refractivity contribution in [3.05, 3.63) is 71.8 Å². The standard InChI is InChI=1S/C19H23N/c1-15(18-12-13-20-14-18)19(16-8-4-2-5-9-16)17-10-6-3-7-11-17/h2-11,15,18-20H,12-14H2,1H3. The van der Waals surface area contributed by atoms with Gasteiger partial charge < -0.3 is 5.32 Å². The summed E-state index contributed by atoms with van der Waals surface area (Å²) in [6, 6.07) is 21.9. The molecule has 1 fully saturated rings. The number of hydrogen-bond donors (Lipinski definition) is 1. The van der Waals surface area contributed by atoms with Crippen LogP contribution in [0.4, 0.5) is 0 Å². The maximum absolute atomic E-state index is 3.51. The minimum absolute atomic E-state index is 0.502. The molecule has 1 aliphatic heterocycles. The summed E-state index contributed by atoms with van der Waals surface area (Å²) in [4.78, 5) is 0. The molecule has 1 nitrogen and oxygen atoms in total. The minimum Gasteiger partial charge on any atom is -0.316 e. The summed E-state index contributed by atoms with van der Waals surface area (Å²) in [6.07, 6.45) is 1.30. The third kappa shape index (κ3) is 2.78. The molecule has 104 valence electrons. The van der Waals surface area contributed by atoms with Gasteiger partial charge in [-0.1, -0.05) is 67.6 Å². The number of hydrogen-bond acceptors (Lipinski definition) is 1. The van der Waals surface area contributed by atoms with E-state index in [2.05, 4.69) is 72.9 Å². The third-order valence-corrected chi connectivity index (χ3v) is 4.69. The molecule has 1 heterocycles. The van der Waals surface area contributed by atoms with Crippen LogP contribution in [0.2, 0.25) is 0 Å². The first-order valence-electron chi connectivity index (χ1n) is 7.67. The van der Waals surface area contributed by atoms with Gasteiger partial charge in [0.15, 0.2) is 0 Å². The monoisotopic (exact) mass is 265 g/mol. The molecule has 2 aromatic rings. The fourth-order valence-corrected chi connectivity index (χ4v) is 3.52. The van der Waals surface area contributed by atoms with E-state index in [4.69, 9.17) is 0 Å². The molecular weight excluding hydrogens is 242 g/mol. The van der Waals surface area contributed by atoms with E-state index in [-0.39, 0.29) is 0 Å². The van der Waals surface area contributed by atoms with Crippen LogP contribution >= 0.6 is 0 Å². The van der Waals surface area contributed by atoms with Gasteiger partial charge in [-0.25, -0.2) is 0 Å². The summed E-state index contributed by atoms with van der Waals surface area (Å²) in [6.45, 7) is 4.75. The lowest BCUT2D eigenvalue weighted by Crippen LogP contribution is -2.22. The Morgan fingerprint density at radius 2 is 1.45 bits per heavy atom. The summed E-state index contributed by atoms with van der Waals surface area (Å²) in [5, 5.41) is 3.51. The SMILES string of the molecule is CC(C1CCNC1)C(c1ccccc1)c1ccccc1. The second-order valence-corrected chi connectivity index (χ2v) is 5.91. The van der Waals surface area contributed by atoms with Gasteiger partial charge in [0.2, 0.25) is 0 Å². The van der Waals surface area contributed by atoms with Crippen LogP contribution in [-0.4, -0.2) is 13.1 Å². The van der Waals surface area contributed by atoms with Crippen LogP contribution in [0.15, 0.2) is 60.7 Å². The molecule has 20 heavy (non-hydrogen) atoms. The van der Waals surface area contributed by atoms with Gasteiger partial charge in [0, 0.05) is 5.92 Å². The Labute approximate surface area is 122 Å². The van der Waals surface area contributed by atoms with Gasteiger partial charge in [0.05, 0.1) is 0 Å². The zero-order valence-corrected chi connectivity index (χ0v) is 12.1. The maximum atomic E-state index is 3.51. The van der Waals surface area contributed by atoms with Gasteiger partial charge in [-0.3, -0.25) is 0 Å². The van der Waals surface area contributed by atoms with Crippen LogP contribution in [-0.2, 0) is 0 Å². The van der Waals surface area contributed by atoms with Gasteiger partial charge >= 0.3 is 0 Å². The van der Waals surface area contributed by atoms with Gasteiger partial charge in [-0.15, -0.1) is 0 Å². The number of nitrogens with one attached hydrogen (secondary N) is 1. The average molecular weight is 265 g/mol. The highest BCUT2D eigenvalue weighted by atomic mass is 14.9. The summed E-state index contributed by atoms with van der Waals surface area (Å²) in [7, 11) is 0. The topological polar surface area (TPSA) is 12.0 Å². The van der Waals surface area contributed by atoms with Crippen LogP contribution in [0, 0.1) is 11.8 Å². The van der Waals surface area contributed by atoms with E-state index < -0.39 is 0 Å². The molecule has 2 aromatic carbocycles. The first kappa shape index (κ1) is 13.4. The Bertz CT molecular complexity index is 474. The van der Waals surface area contributed by atoms with E-state index in [0.29, 0.717) is 11.8 Å². The van der Waals surface area contributed by atoms with E-state index in [0.717, 1.165) is 12.5 Å². The highest BCUT2D eigenvalue weighted by Gasteiger charge is 2.29. The first-order chi connectivity index (χ1) is 9.86. The lowest BCUT2D eigenvalue weighted by molar-refractivity contribution is 0.350. The number of benzene rings is 2. The summed E-state index contributed by atoms with van der Waals surface area (Å²) < 4.78 is 0. The summed E-state index contributed by atoms with van der Waals surface area (Å²) in [5.41, 5.74) is 2.89. The summed E-state index contributed by atoms with van der Waals surface area (Å²) in [5.74, 6) is 1.94. The van der Waals surface area contributed by atoms with E-state index in [1.807, 2.05) is 0 Å². The zero-order valence-electron chi connectivity index (χ0n) is 12.1. The van der Waals surface area contributed by atoms with Crippen molar-refractivity contribution in [3.8, 4) is 0 Å². The van der Waals surface area contributed by atoms with Gasteiger partial charge in [-0.2, -0.15) is 0 Å². The van der Waals surface area contributed by atoms with E-state index in [1.165, 1.54) is 24.1 Å². The molecule has 1 aliphatic rings. The van der Waals surface area contributed by atoms with Crippen LogP contribution in [0.1, 0.15) is 30.4 Å². The van der Waals surface area contributed by atoms with Crippen molar-refractivity contribution in [1.29, 1.82) is 0 Å². The van der Waals surface area contributed by atoms with Gasteiger partial charge in [0.1, 0.15) is 0 Å². The fraction of sp³-hybridized carbons (Fsp3) is 0.368. The third-order valence-electron chi connectivity index (χ3n) is 4.69. The van der Waals surface area contributed by atoms with E-state index in [9.17, 15) is 0 Å². The van der Waals surface area contributed by atoms with E-state index in [1.54, 1.807) is 0 Å². The molecule has 0 amide bonds. The molecule has 1 heteroatoms. The second-order valence-electron chi connectivity index (χ2n) is 5.91. The Kier molecular flexibility index (Phi) is 4.17. The molecule has 1 N–H and O–H groups in total. The van der Waals surface area contributed by atoms with Crippen molar-refractivity contribution in [2.45, 2.75) is 19.3 Å². The molecule has 0 spiro atoms. The highest BCUT2D eigenvalue weighted by molar-refractivity contribution is 5.33. The van der Waals surface area contributed by atoms with Crippen molar-refractivity contribution < 1.29 is 0 Å². The largest absolute Gasteiger partial charge is 0.316 e. The molecule has 0 radical (unpaired) electrons. The average Bonchev–Trinajstić information content (AvgIpc) is 3.04. The zero-order chi connectivity index (χ0) is 13.8. The molecule has 0 saturated carbocycles. The smallest absolute Gasteiger partial charge is 0.0118 e. The lowest BCUT2D eigenvalue weighted by Gasteiger charge is -2.29. The van der Waals surface area contributed by atoms with Gasteiger partial charge in [0.25, 0.3) is 0 Å². The summed E-state index contributed by atoms with van der Waals surface area (Å²) >= 11 is 0. The van der Waals surface area contributed by atoms with Crippen LogP contribution in [0.25, 0.3) is 0 Å². The molecule has 1 saturated heterocycles. The normalized spacial score (nSPS) is 20.2. The van der Waals surface area contributed by atoms with Crippen LogP contribution in [0.3, 0.4) is 0 Å². The van der Waals surface area contributed by atoms with E-state index >= 15 is 0 Å². The molecular formula is C19H23N. The minimum atomic E-state index is 0.502. The molecule has 2 unspecified atom stereocenters. The van der Waals surface area contributed by atoms with Crippen molar-refractivity contribution in [3.63, 3.8) is 0 Å². The Morgan fingerprint density at radius 3 is 1.90 bits per heavy atom. The molecule has 0 aromatic heterocycles. The molecule has 3 rings (SSSR count). The fourth-order valence-electron chi connectivity index (χ4n) is 3.52. The Hall–Kier alpha value is -1.60. The quantitative estimate of drug-likeness (QED) is 0.879. The maximum Gasteiger partial charge on any atom is 0.0118 e. The number of rotatable bonds is 4. The van der Waals surface area contributed by atoms with Crippen LogP contribution in [0.5, 0.6) is 0 Å². The highest BCUT2D eigenvalue weighted by Crippen LogP contribution is 2.37. The lowest BCUT2D eigenvalue weighted by atomic mass is 9.75. The predicted octanol–water partition coefficient (Wildman–Crippen LogP) is 4.06. The van der Waals surface area contributed by atoms with Crippen molar-refractivity contribution in [2.24, 2.45) is 11.8 Å². The Morgan fingerprint density at radius 1 is 0.900 bits per heavy atom. The predicted molar refractivity (Wildman–Crippen MR) is 84.9 cm³/mol. The molecule has 0 bridgehead atoms. The van der Waals surface area contributed by atoms with Crippen LogP contribution < -0.4 is 5.32 Å². The van der Waals surface area contributed by atoms with Crippen molar-refractivity contribution in [2.75, 3.05) is 13.1 Å².